The van der Waals surface area contributed by atoms with E-state index >= 15 is 0 Å². The number of fused-ring (bicyclic) bond motifs is 1. The molecule has 1 amide bonds. The Labute approximate surface area is 247 Å². The van der Waals surface area contributed by atoms with Crippen LogP contribution in [0.2, 0.25) is 17.6 Å². The minimum Gasteiger partial charge on any atom is -0.506 e. The molecular weight excluding hydrogens is 556 g/mol. The molecule has 3 rings (SSSR count). The Kier molecular flexibility index (Phi) is 9.48. The molecule has 1 aromatic heterocycles. The Hall–Kier alpha value is -3.83. The molecular formula is C31H42N2O8Si. The molecule has 0 saturated carbocycles. The van der Waals surface area contributed by atoms with E-state index in [4.69, 9.17) is 9.47 Å². The van der Waals surface area contributed by atoms with Gasteiger partial charge in [-0.25, -0.2) is 9.59 Å². The molecule has 0 aliphatic carbocycles. The molecule has 0 spiro atoms. The first-order valence-electron chi connectivity index (χ1n) is 13.8. The maximum Gasteiger partial charge on any atom is 0.410 e. The third kappa shape index (κ3) is 7.71. The van der Waals surface area contributed by atoms with Gasteiger partial charge in [-0.2, -0.15) is 0 Å². The molecule has 228 valence electrons. The molecule has 0 saturated heterocycles. The number of amides is 1. The number of carboxylic acids is 1. The molecule has 2 atom stereocenters. The molecule has 2 aromatic carbocycles. The number of aromatic amines is 1. The molecule has 0 fully saturated rings. The van der Waals surface area contributed by atoms with E-state index in [2.05, 4.69) is 4.98 Å². The molecule has 0 radical (unpaired) electrons. The lowest BCUT2D eigenvalue weighted by molar-refractivity contribution is 0.0150. The van der Waals surface area contributed by atoms with Crippen LogP contribution in [0.1, 0.15) is 63.0 Å². The molecule has 3 aromatic rings. The molecule has 0 aliphatic heterocycles. The van der Waals surface area contributed by atoms with Crippen molar-refractivity contribution in [1.29, 1.82) is 0 Å². The number of H-pyrrole nitrogens is 1. The van der Waals surface area contributed by atoms with Crippen molar-refractivity contribution >= 4 is 31.3 Å². The number of nitrogens with one attached hydrogen (secondary N) is 1. The average molecular weight is 599 g/mol. The van der Waals surface area contributed by atoms with Crippen molar-refractivity contribution in [2.75, 3.05) is 7.11 Å². The van der Waals surface area contributed by atoms with Crippen LogP contribution in [-0.2, 0) is 17.7 Å². The van der Waals surface area contributed by atoms with Crippen molar-refractivity contribution in [1.82, 2.24) is 9.88 Å². The number of methoxy groups -OCH3 is 1. The van der Waals surface area contributed by atoms with E-state index in [0.29, 0.717) is 16.7 Å². The van der Waals surface area contributed by atoms with Gasteiger partial charge in [0, 0.05) is 23.1 Å². The number of carboxylic acid groups (broad SMARTS) is 1. The number of carbonyl (C=O) groups excluding carboxylic acids is 1. The van der Waals surface area contributed by atoms with Crippen LogP contribution in [0.25, 0.3) is 10.9 Å². The van der Waals surface area contributed by atoms with Crippen LogP contribution < -0.4 is 10.3 Å². The van der Waals surface area contributed by atoms with Crippen molar-refractivity contribution in [3.63, 3.8) is 0 Å². The summed E-state index contributed by atoms with van der Waals surface area (Å²) < 4.78 is 11.4. The Balaban J connectivity index is 2.20. The van der Waals surface area contributed by atoms with E-state index < -0.39 is 37.1 Å². The molecule has 2 unspecified atom stereocenters. The summed E-state index contributed by atoms with van der Waals surface area (Å²) in [6.45, 7) is 13.1. The van der Waals surface area contributed by atoms with Crippen LogP contribution in [0, 0.1) is 0 Å². The number of phenols is 1. The number of aromatic hydroxyl groups is 1. The van der Waals surface area contributed by atoms with Gasteiger partial charge in [-0.05, 0) is 74.7 Å². The number of phenolic OH excluding ortho intramolecular Hbond substituents is 1. The highest BCUT2D eigenvalue weighted by Gasteiger charge is 2.43. The number of aromatic nitrogens is 1. The molecule has 0 bridgehead atoms. The van der Waals surface area contributed by atoms with Gasteiger partial charge >= 0.3 is 12.1 Å². The highest BCUT2D eigenvalue weighted by molar-refractivity contribution is 6.74. The van der Waals surface area contributed by atoms with Gasteiger partial charge in [-0.3, -0.25) is 4.79 Å². The summed E-state index contributed by atoms with van der Waals surface area (Å²) in [5.74, 6) is -0.882. The number of rotatable bonds is 9. The van der Waals surface area contributed by atoms with Crippen LogP contribution in [-0.4, -0.2) is 64.0 Å². The Bertz CT molecular complexity index is 1520. The van der Waals surface area contributed by atoms with Gasteiger partial charge in [0.15, 0.2) is 8.32 Å². The van der Waals surface area contributed by atoms with Crippen LogP contribution in [0.4, 0.5) is 4.79 Å². The van der Waals surface area contributed by atoms with Gasteiger partial charge in [-0.1, -0.05) is 32.9 Å². The topological polar surface area (TPSA) is 149 Å². The largest absolute Gasteiger partial charge is 0.506 e. The van der Waals surface area contributed by atoms with Gasteiger partial charge in [0.05, 0.1) is 24.7 Å². The fourth-order valence-electron chi connectivity index (χ4n) is 4.64. The lowest BCUT2D eigenvalue weighted by Crippen LogP contribution is -2.51. The average Bonchev–Trinajstić information content (AvgIpc) is 2.86. The Morgan fingerprint density at radius 1 is 1.02 bits per heavy atom. The first kappa shape index (κ1) is 32.7. The SMILES string of the molecule is COc1cc(C(=O)O)ccc1CN(C(=O)OC(C)(C)C)C(Cc1ccc(O)c2[nH]c(=O)ccc12)C[Si](C)(O)C(C)(C)C. The predicted octanol–water partition coefficient (Wildman–Crippen LogP) is 5.66. The van der Waals surface area contributed by atoms with Crippen molar-refractivity contribution in [3.05, 3.63) is 69.5 Å². The number of benzene rings is 2. The van der Waals surface area contributed by atoms with Crippen molar-refractivity contribution < 1.29 is 34.1 Å². The lowest BCUT2D eigenvalue weighted by atomic mass is 10.00. The number of hydrogen-bond donors (Lipinski definition) is 4. The fourth-order valence-corrected chi connectivity index (χ4v) is 6.54. The highest BCUT2D eigenvalue weighted by atomic mass is 28.4. The summed E-state index contributed by atoms with van der Waals surface area (Å²) in [6, 6.07) is 10.4. The van der Waals surface area contributed by atoms with E-state index in [1.54, 1.807) is 43.9 Å². The van der Waals surface area contributed by atoms with Crippen molar-refractivity contribution in [2.24, 2.45) is 0 Å². The summed E-state index contributed by atoms with van der Waals surface area (Å²) in [6.07, 6.45) is -0.330. The van der Waals surface area contributed by atoms with E-state index in [9.17, 15) is 29.4 Å². The number of hydrogen-bond acceptors (Lipinski definition) is 7. The first-order valence-corrected chi connectivity index (χ1v) is 16.4. The number of aromatic carboxylic acids is 1. The van der Waals surface area contributed by atoms with Crippen LogP contribution >= 0.6 is 0 Å². The number of ether oxygens (including phenoxy) is 2. The quantitative estimate of drug-likeness (QED) is 0.231. The van der Waals surface area contributed by atoms with Gasteiger partial charge in [0.25, 0.3) is 0 Å². The summed E-state index contributed by atoms with van der Waals surface area (Å²) in [4.78, 5) is 53.5. The zero-order valence-electron chi connectivity index (χ0n) is 25.6. The number of pyridine rings is 1. The second-order valence-electron chi connectivity index (χ2n) is 12.9. The van der Waals surface area contributed by atoms with Crippen LogP contribution in [0.3, 0.4) is 0 Å². The molecule has 4 N–H and O–H groups in total. The van der Waals surface area contributed by atoms with Crippen molar-refractivity contribution in [3.8, 4) is 11.5 Å². The van der Waals surface area contributed by atoms with Gasteiger partial charge < -0.3 is 34.4 Å². The monoisotopic (exact) mass is 598 g/mol. The second kappa shape index (κ2) is 12.2. The zero-order valence-corrected chi connectivity index (χ0v) is 26.6. The normalized spacial score (nSPS) is 14.2. The summed E-state index contributed by atoms with van der Waals surface area (Å²) in [5.41, 5.74) is 0.477. The molecule has 42 heavy (non-hydrogen) atoms. The Morgan fingerprint density at radius 3 is 2.24 bits per heavy atom. The first-order chi connectivity index (χ1) is 19.3. The predicted molar refractivity (Wildman–Crippen MR) is 164 cm³/mol. The zero-order chi connectivity index (χ0) is 31.6. The maximum absolute atomic E-state index is 13.9. The van der Waals surface area contributed by atoms with Crippen molar-refractivity contribution in [2.45, 2.75) is 83.8 Å². The highest BCUT2D eigenvalue weighted by Crippen LogP contribution is 2.40. The van der Waals surface area contributed by atoms with E-state index in [-0.39, 0.29) is 41.4 Å². The number of carbonyl (C=O) groups is 2. The standard InChI is InChI=1S/C31H42N2O8Si/c1-30(2,3)41-29(38)33(17-21-10-9-20(28(36)37)16-25(21)40-7)22(18-42(8,39)31(4,5)6)15-19-11-13-24(34)27-23(19)12-14-26(35)32-27/h9-14,16,22,34,39H,15,17-18H2,1-8H3,(H,32,35)(H,36,37). The van der Waals surface area contributed by atoms with Crippen LogP contribution in [0.5, 0.6) is 11.5 Å². The van der Waals surface area contributed by atoms with Gasteiger partial charge in [-0.15, -0.1) is 0 Å². The third-order valence-corrected chi connectivity index (χ3v) is 12.1. The van der Waals surface area contributed by atoms with Gasteiger partial charge in [0.1, 0.15) is 17.1 Å². The number of nitrogens with zero attached hydrogens (tertiary/aromatic N) is 1. The molecule has 10 nitrogen and oxygen atoms in total. The third-order valence-electron chi connectivity index (χ3n) is 7.61. The van der Waals surface area contributed by atoms with Crippen LogP contribution in [0.15, 0.2) is 47.3 Å². The lowest BCUT2D eigenvalue weighted by Gasteiger charge is -2.41. The smallest absolute Gasteiger partial charge is 0.410 e. The molecule has 0 aliphatic rings. The van der Waals surface area contributed by atoms with E-state index in [1.807, 2.05) is 27.3 Å². The van der Waals surface area contributed by atoms with E-state index in [0.717, 1.165) is 5.56 Å². The molecule has 1 heterocycles. The van der Waals surface area contributed by atoms with Gasteiger partial charge in [0.2, 0.25) is 5.56 Å². The minimum absolute atomic E-state index is 0.0180. The second-order valence-corrected chi connectivity index (χ2v) is 17.3. The Morgan fingerprint density at radius 2 is 1.67 bits per heavy atom. The molecule has 11 heteroatoms. The fraction of sp³-hybridized carbons (Fsp3) is 0.452. The maximum atomic E-state index is 13.9. The summed E-state index contributed by atoms with van der Waals surface area (Å²) in [5, 5.41) is 20.1. The minimum atomic E-state index is -3.01. The van der Waals surface area contributed by atoms with E-state index in [1.165, 1.54) is 31.4 Å². The summed E-state index contributed by atoms with van der Waals surface area (Å²) in [7, 11) is -1.57. The summed E-state index contributed by atoms with van der Waals surface area (Å²) >= 11 is 0.